The Labute approximate surface area is 267 Å². The molecule has 1 aliphatic heterocycles. The van der Waals surface area contributed by atoms with Crippen LogP contribution < -0.4 is 24.4 Å². The molecular weight excluding hydrogens is 651 g/mol. The van der Waals surface area contributed by atoms with E-state index < -0.39 is 39.9 Å². The number of non-ortho nitro benzene ring substituents is 1. The number of thiazole rings is 1. The first-order valence-corrected chi connectivity index (χ1v) is 14.7. The molecule has 10 nitrogen and oxygen atoms in total. The Hall–Kier alpha value is -4.95. The number of nitro benzene ring substituents is 1. The van der Waals surface area contributed by atoms with E-state index >= 15 is 0 Å². The number of ether oxygens (including phenoxy) is 3. The molecule has 4 aromatic rings. The molecular formula is C31H23ClF3N3O7S. The van der Waals surface area contributed by atoms with E-state index in [9.17, 15) is 32.9 Å². The van der Waals surface area contributed by atoms with Gasteiger partial charge < -0.3 is 14.2 Å². The van der Waals surface area contributed by atoms with Gasteiger partial charge in [-0.05, 0) is 66.1 Å². The number of fused-ring (bicyclic) bond motifs is 1. The first kappa shape index (κ1) is 32.4. The lowest BCUT2D eigenvalue weighted by atomic mass is 9.95. The van der Waals surface area contributed by atoms with E-state index in [-0.39, 0.29) is 33.8 Å². The van der Waals surface area contributed by atoms with Gasteiger partial charge in [0.25, 0.3) is 11.2 Å². The summed E-state index contributed by atoms with van der Waals surface area (Å²) in [6.07, 6.45) is -3.56. The number of carbonyl (C=O) groups is 1. The molecule has 0 bridgehead atoms. The van der Waals surface area contributed by atoms with Crippen molar-refractivity contribution in [1.82, 2.24) is 4.57 Å². The number of aromatic nitrogens is 1. The van der Waals surface area contributed by atoms with Crippen molar-refractivity contribution in [2.24, 2.45) is 4.99 Å². The monoisotopic (exact) mass is 673 g/mol. The molecule has 5 rings (SSSR count). The van der Waals surface area contributed by atoms with Gasteiger partial charge in [-0.25, -0.2) is 9.79 Å². The second kappa shape index (κ2) is 13.2. The summed E-state index contributed by atoms with van der Waals surface area (Å²) in [5, 5.41) is 11.2. The number of benzene rings is 3. The Balaban J connectivity index is 1.56. The Kier molecular flexibility index (Phi) is 9.30. The zero-order chi connectivity index (χ0) is 33.2. The Morgan fingerprint density at radius 2 is 1.80 bits per heavy atom. The minimum absolute atomic E-state index is 0.0472. The summed E-state index contributed by atoms with van der Waals surface area (Å²) < 4.78 is 60.3. The Morgan fingerprint density at radius 1 is 1.11 bits per heavy atom. The van der Waals surface area contributed by atoms with Crippen LogP contribution >= 0.6 is 22.9 Å². The van der Waals surface area contributed by atoms with Crippen LogP contribution in [0.3, 0.4) is 0 Å². The molecule has 0 saturated heterocycles. The third-order valence-electron chi connectivity index (χ3n) is 6.81. The third-order valence-corrected chi connectivity index (χ3v) is 8.04. The fourth-order valence-corrected chi connectivity index (χ4v) is 5.85. The number of rotatable bonds is 9. The van der Waals surface area contributed by atoms with E-state index in [1.165, 1.54) is 56.5 Å². The van der Waals surface area contributed by atoms with Gasteiger partial charge in [-0.15, -0.1) is 0 Å². The number of halogens is 4. The maximum Gasteiger partial charge on any atom is 0.434 e. The van der Waals surface area contributed by atoms with Gasteiger partial charge in [0.1, 0.15) is 6.61 Å². The normalized spacial score (nSPS) is 14.8. The quantitative estimate of drug-likeness (QED) is 0.131. The number of alkyl halides is 3. The number of allylic oxidation sites excluding steroid dienone is 1. The lowest BCUT2D eigenvalue weighted by Crippen LogP contribution is -2.41. The zero-order valence-corrected chi connectivity index (χ0v) is 25.6. The van der Waals surface area contributed by atoms with Crippen LogP contribution in [0.1, 0.15) is 29.7 Å². The largest absolute Gasteiger partial charge is 0.493 e. The molecule has 0 spiro atoms. The van der Waals surface area contributed by atoms with Crippen LogP contribution in [-0.4, -0.2) is 35.4 Å². The summed E-state index contributed by atoms with van der Waals surface area (Å²) in [6, 6.07) is 14.9. The second-order valence-electron chi connectivity index (χ2n) is 9.74. The summed E-state index contributed by atoms with van der Waals surface area (Å²) >= 11 is 6.74. The summed E-state index contributed by atoms with van der Waals surface area (Å²) in [4.78, 5) is 40.6. The number of hydrogen-bond donors (Lipinski definition) is 0. The lowest BCUT2D eigenvalue weighted by Gasteiger charge is -2.26. The fourth-order valence-electron chi connectivity index (χ4n) is 4.72. The molecule has 46 heavy (non-hydrogen) atoms. The molecule has 1 atom stereocenters. The van der Waals surface area contributed by atoms with E-state index in [2.05, 4.69) is 4.99 Å². The van der Waals surface area contributed by atoms with Crippen LogP contribution in [-0.2, 0) is 16.1 Å². The molecule has 0 saturated carbocycles. The van der Waals surface area contributed by atoms with E-state index in [1.54, 1.807) is 30.3 Å². The first-order valence-electron chi connectivity index (χ1n) is 13.5. The van der Waals surface area contributed by atoms with Crippen molar-refractivity contribution in [3.8, 4) is 11.5 Å². The summed E-state index contributed by atoms with van der Waals surface area (Å²) in [7, 11) is 1.41. The molecule has 0 unspecified atom stereocenters. The average molecular weight is 674 g/mol. The highest BCUT2D eigenvalue weighted by Crippen LogP contribution is 2.38. The summed E-state index contributed by atoms with van der Waals surface area (Å²) in [6.45, 7) is 1.35. The van der Waals surface area contributed by atoms with Crippen molar-refractivity contribution in [2.45, 2.75) is 25.7 Å². The van der Waals surface area contributed by atoms with Crippen molar-refractivity contribution < 1.29 is 37.1 Å². The molecule has 1 aliphatic rings. The first-order chi connectivity index (χ1) is 21.9. The minimum atomic E-state index is -5.03. The number of esters is 1. The number of methoxy groups -OCH3 is 1. The van der Waals surface area contributed by atoms with E-state index in [1.807, 2.05) is 0 Å². The van der Waals surface area contributed by atoms with Gasteiger partial charge in [-0.3, -0.25) is 19.5 Å². The topological polar surface area (TPSA) is 122 Å². The number of hydrogen-bond acceptors (Lipinski definition) is 9. The van der Waals surface area contributed by atoms with Gasteiger partial charge in [-0.2, -0.15) is 13.2 Å². The number of nitro groups is 1. The zero-order valence-electron chi connectivity index (χ0n) is 24.0. The standard InChI is InChI=1S/C31H23ClF3N3O7S/c1-3-44-29(40)25-26(19-7-9-20(32)10-8-19)37-28(39)24(46-30(37)36-27(25)31(33,34)35)15-18-6-13-22(23(14-18)43-2)45-16-17-4-11-21(12-5-17)38(41)42/h4-15,26H,3,16H2,1-2H3/b24-15-/t26-/m0/s1. The van der Waals surface area contributed by atoms with Gasteiger partial charge in [0.05, 0.1) is 34.8 Å². The molecule has 238 valence electrons. The van der Waals surface area contributed by atoms with Crippen LogP contribution in [0.5, 0.6) is 11.5 Å². The molecule has 0 N–H and O–H groups in total. The minimum Gasteiger partial charge on any atom is -0.493 e. The summed E-state index contributed by atoms with van der Waals surface area (Å²) in [5.74, 6) is -0.607. The molecule has 0 amide bonds. The highest BCUT2D eigenvalue weighted by molar-refractivity contribution is 7.07. The van der Waals surface area contributed by atoms with Crippen molar-refractivity contribution in [3.63, 3.8) is 0 Å². The van der Waals surface area contributed by atoms with Crippen LogP contribution in [0.25, 0.3) is 6.08 Å². The maximum absolute atomic E-state index is 14.3. The van der Waals surface area contributed by atoms with Gasteiger partial charge in [-0.1, -0.05) is 41.1 Å². The predicted octanol–water partition coefficient (Wildman–Crippen LogP) is 5.49. The molecule has 0 aliphatic carbocycles. The number of nitrogens with zero attached hydrogens (tertiary/aromatic N) is 3. The highest BCUT2D eigenvalue weighted by atomic mass is 35.5. The number of carbonyl (C=O) groups excluding carboxylic acids is 1. The predicted molar refractivity (Wildman–Crippen MR) is 163 cm³/mol. The van der Waals surface area contributed by atoms with Crippen LogP contribution in [0.4, 0.5) is 18.9 Å². The van der Waals surface area contributed by atoms with Crippen LogP contribution in [0.15, 0.2) is 87.8 Å². The molecule has 3 aromatic carbocycles. The summed E-state index contributed by atoms with van der Waals surface area (Å²) in [5.41, 5.74) is -1.65. The molecule has 1 aromatic heterocycles. The smallest absolute Gasteiger partial charge is 0.434 e. The van der Waals surface area contributed by atoms with Gasteiger partial charge in [0.2, 0.25) is 0 Å². The fraction of sp³-hybridized carbons (Fsp3) is 0.194. The van der Waals surface area contributed by atoms with Crippen molar-refractivity contribution in [2.75, 3.05) is 13.7 Å². The van der Waals surface area contributed by atoms with Crippen molar-refractivity contribution in [3.05, 3.63) is 130 Å². The Bertz CT molecular complexity index is 2020. The van der Waals surface area contributed by atoms with Gasteiger partial charge in [0.15, 0.2) is 22.0 Å². The van der Waals surface area contributed by atoms with Crippen molar-refractivity contribution in [1.29, 1.82) is 0 Å². The molecule has 2 heterocycles. The van der Waals surface area contributed by atoms with Crippen LogP contribution in [0.2, 0.25) is 5.02 Å². The maximum atomic E-state index is 14.3. The second-order valence-corrected chi connectivity index (χ2v) is 11.2. The van der Waals surface area contributed by atoms with Crippen LogP contribution in [0, 0.1) is 10.1 Å². The van der Waals surface area contributed by atoms with Gasteiger partial charge in [0, 0.05) is 17.2 Å². The highest BCUT2D eigenvalue weighted by Gasteiger charge is 2.45. The SMILES string of the molecule is CCOC(=O)C1=C(C(F)(F)F)N=c2s/c(=C\c3ccc(OCc4ccc([N+](=O)[O-])cc4)c(OC)c3)c(=O)n2[C@H]1c1ccc(Cl)cc1. The van der Waals surface area contributed by atoms with E-state index in [0.717, 1.165) is 15.9 Å². The van der Waals surface area contributed by atoms with E-state index in [4.69, 9.17) is 25.8 Å². The molecule has 0 fully saturated rings. The molecule has 0 radical (unpaired) electrons. The Morgan fingerprint density at radius 3 is 2.41 bits per heavy atom. The van der Waals surface area contributed by atoms with E-state index in [0.29, 0.717) is 27.6 Å². The average Bonchev–Trinajstić information content (AvgIpc) is 3.34. The molecule has 15 heteroatoms. The van der Waals surface area contributed by atoms with Crippen molar-refractivity contribution >= 4 is 40.7 Å². The third kappa shape index (κ3) is 6.67. The van der Waals surface area contributed by atoms with Gasteiger partial charge >= 0.3 is 12.1 Å². The lowest BCUT2D eigenvalue weighted by molar-refractivity contribution is -0.384.